The van der Waals surface area contributed by atoms with E-state index in [0.717, 1.165) is 31.1 Å². The number of hydrogen-bond acceptors (Lipinski definition) is 2. The Morgan fingerprint density at radius 2 is 2.16 bits per heavy atom. The molecule has 1 N–H and O–H groups in total. The molecule has 0 radical (unpaired) electrons. The van der Waals surface area contributed by atoms with Gasteiger partial charge >= 0.3 is 0 Å². The second-order valence-electron chi connectivity index (χ2n) is 5.08. The van der Waals surface area contributed by atoms with E-state index in [2.05, 4.69) is 23.7 Å². The molecule has 0 amide bonds. The van der Waals surface area contributed by atoms with Gasteiger partial charge < -0.3 is 5.11 Å². The van der Waals surface area contributed by atoms with Crippen LogP contribution in [0.1, 0.15) is 30.9 Å². The summed E-state index contributed by atoms with van der Waals surface area (Å²) in [6, 6.07) is 4.88. The lowest BCUT2D eigenvalue weighted by atomic mass is 10.1. The smallest absolute Gasteiger partial charge is 0.124 e. The summed E-state index contributed by atoms with van der Waals surface area (Å²) in [4.78, 5) is 2.34. The molecule has 1 aliphatic carbocycles. The van der Waals surface area contributed by atoms with E-state index in [1.165, 1.54) is 18.9 Å². The molecule has 2 rings (SSSR count). The summed E-state index contributed by atoms with van der Waals surface area (Å²) in [5.41, 5.74) is 1.58. The van der Waals surface area contributed by atoms with Crippen LogP contribution >= 0.6 is 0 Å². The average Bonchev–Trinajstić information content (AvgIpc) is 3.19. The van der Waals surface area contributed by atoms with Crippen LogP contribution in [0.5, 0.6) is 0 Å². The topological polar surface area (TPSA) is 23.5 Å². The van der Waals surface area contributed by atoms with Crippen molar-refractivity contribution in [1.82, 2.24) is 4.90 Å². The SMILES string of the molecule is CCN(Cc1cc(F)cc(C#CCO)c1)CC1CC1. The molecule has 2 nitrogen and oxygen atoms in total. The van der Waals surface area contributed by atoms with Crippen molar-refractivity contribution in [3.05, 3.63) is 35.1 Å². The van der Waals surface area contributed by atoms with Gasteiger partial charge in [0.25, 0.3) is 0 Å². The third-order valence-electron chi connectivity index (χ3n) is 3.34. The first-order valence-electron chi connectivity index (χ1n) is 6.82. The van der Waals surface area contributed by atoms with E-state index in [0.29, 0.717) is 5.56 Å². The standard InChI is InChI=1S/C16H20FNO/c1-2-18(11-13-5-6-13)12-15-8-14(4-3-7-19)9-16(17)10-15/h8-10,13,19H,2,5-7,11-12H2,1H3. The van der Waals surface area contributed by atoms with Crippen molar-refractivity contribution in [2.24, 2.45) is 5.92 Å². The summed E-state index contributed by atoms with van der Waals surface area (Å²) in [5, 5.41) is 8.68. The van der Waals surface area contributed by atoms with Crippen molar-refractivity contribution < 1.29 is 9.50 Å². The maximum absolute atomic E-state index is 13.5. The molecule has 0 aliphatic heterocycles. The number of benzene rings is 1. The number of aliphatic hydroxyl groups excluding tert-OH is 1. The quantitative estimate of drug-likeness (QED) is 0.823. The van der Waals surface area contributed by atoms with Gasteiger partial charge in [0.05, 0.1) is 0 Å². The monoisotopic (exact) mass is 261 g/mol. The third-order valence-corrected chi connectivity index (χ3v) is 3.34. The Kier molecular flexibility index (Phi) is 4.95. The highest BCUT2D eigenvalue weighted by Gasteiger charge is 2.23. The van der Waals surface area contributed by atoms with E-state index in [9.17, 15) is 4.39 Å². The predicted molar refractivity (Wildman–Crippen MR) is 74.0 cm³/mol. The second-order valence-corrected chi connectivity index (χ2v) is 5.08. The molecular weight excluding hydrogens is 241 g/mol. The normalized spacial score (nSPS) is 14.3. The largest absolute Gasteiger partial charge is 0.384 e. The number of hydrogen-bond donors (Lipinski definition) is 1. The van der Waals surface area contributed by atoms with Gasteiger partial charge in [0.15, 0.2) is 0 Å². The molecule has 0 bridgehead atoms. The van der Waals surface area contributed by atoms with Gasteiger partial charge in [0.1, 0.15) is 12.4 Å². The molecule has 1 aromatic carbocycles. The predicted octanol–water partition coefficient (Wildman–Crippen LogP) is 2.40. The lowest BCUT2D eigenvalue weighted by Crippen LogP contribution is -2.25. The van der Waals surface area contributed by atoms with Crippen molar-refractivity contribution in [3.8, 4) is 11.8 Å². The first-order chi connectivity index (χ1) is 9.21. The summed E-state index contributed by atoms with van der Waals surface area (Å²) in [5.74, 6) is 5.89. The molecular formula is C16H20FNO. The molecule has 1 aromatic rings. The summed E-state index contributed by atoms with van der Waals surface area (Å²) >= 11 is 0. The van der Waals surface area contributed by atoms with Crippen molar-refractivity contribution in [2.45, 2.75) is 26.3 Å². The fourth-order valence-corrected chi connectivity index (χ4v) is 2.18. The Bertz CT molecular complexity index is 485. The Hall–Kier alpha value is -1.37. The number of aliphatic hydroxyl groups is 1. The summed E-state index contributed by atoms with van der Waals surface area (Å²) in [7, 11) is 0. The van der Waals surface area contributed by atoms with Crippen LogP contribution in [0, 0.1) is 23.6 Å². The maximum Gasteiger partial charge on any atom is 0.124 e. The maximum atomic E-state index is 13.5. The lowest BCUT2D eigenvalue weighted by Gasteiger charge is -2.20. The van der Waals surface area contributed by atoms with E-state index < -0.39 is 0 Å². The van der Waals surface area contributed by atoms with Gasteiger partial charge in [-0.15, -0.1) is 0 Å². The fraction of sp³-hybridized carbons (Fsp3) is 0.500. The fourth-order valence-electron chi connectivity index (χ4n) is 2.18. The van der Waals surface area contributed by atoms with Crippen molar-refractivity contribution in [3.63, 3.8) is 0 Å². The molecule has 0 heterocycles. The Balaban J connectivity index is 2.07. The molecule has 102 valence electrons. The molecule has 1 fully saturated rings. The minimum atomic E-state index is -0.262. The molecule has 1 aliphatic rings. The molecule has 19 heavy (non-hydrogen) atoms. The second kappa shape index (κ2) is 6.70. The highest BCUT2D eigenvalue weighted by Crippen LogP contribution is 2.30. The van der Waals surface area contributed by atoms with Crippen molar-refractivity contribution in [2.75, 3.05) is 19.7 Å². The van der Waals surface area contributed by atoms with E-state index in [1.807, 2.05) is 6.07 Å². The van der Waals surface area contributed by atoms with Crippen LogP contribution < -0.4 is 0 Å². The minimum Gasteiger partial charge on any atom is -0.384 e. The Morgan fingerprint density at radius 1 is 1.37 bits per heavy atom. The number of rotatable bonds is 5. The molecule has 0 atom stereocenters. The summed E-state index contributed by atoms with van der Waals surface area (Å²) in [6.07, 6.45) is 2.65. The zero-order valence-electron chi connectivity index (χ0n) is 11.3. The number of halogens is 1. The highest BCUT2D eigenvalue weighted by molar-refractivity contribution is 5.37. The molecule has 3 heteroatoms. The molecule has 0 spiro atoms. The molecule has 0 saturated heterocycles. The zero-order valence-corrected chi connectivity index (χ0v) is 11.3. The van der Waals surface area contributed by atoms with Crippen molar-refractivity contribution in [1.29, 1.82) is 0 Å². The van der Waals surface area contributed by atoms with Crippen molar-refractivity contribution >= 4 is 0 Å². The number of nitrogens with zero attached hydrogens (tertiary/aromatic N) is 1. The van der Waals surface area contributed by atoms with Crippen LogP contribution in [0.2, 0.25) is 0 Å². The first kappa shape index (κ1) is 14.0. The van der Waals surface area contributed by atoms with Gasteiger partial charge in [-0.1, -0.05) is 18.8 Å². The Morgan fingerprint density at radius 3 is 2.79 bits per heavy atom. The van der Waals surface area contributed by atoms with E-state index in [-0.39, 0.29) is 12.4 Å². The zero-order chi connectivity index (χ0) is 13.7. The summed E-state index contributed by atoms with van der Waals surface area (Å²) in [6.45, 7) is 4.77. The van der Waals surface area contributed by atoms with Gasteiger partial charge in [-0.2, -0.15) is 0 Å². The van der Waals surface area contributed by atoms with Gasteiger partial charge in [0, 0.05) is 18.7 Å². The van der Waals surface area contributed by atoms with Gasteiger partial charge in [0.2, 0.25) is 0 Å². The van der Waals surface area contributed by atoms with Gasteiger partial charge in [-0.25, -0.2) is 4.39 Å². The first-order valence-corrected chi connectivity index (χ1v) is 6.82. The van der Waals surface area contributed by atoms with Crippen LogP contribution in [0.15, 0.2) is 18.2 Å². The molecule has 0 aromatic heterocycles. The van der Waals surface area contributed by atoms with Crippen LogP contribution in [0.3, 0.4) is 0 Å². The van der Waals surface area contributed by atoms with Crippen LogP contribution in [0.25, 0.3) is 0 Å². The van der Waals surface area contributed by atoms with Gasteiger partial charge in [-0.05, 0) is 49.1 Å². The lowest BCUT2D eigenvalue weighted by molar-refractivity contribution is 0.268. The third kappa shape index (κ3) is 4.66. The minimum absolute atomic E-state index is 0.200. The highest BCUT2D eigenvalue weighted by atomic mass is 19.1. The average molecular weight is 261 g/mol. The van der Waals surface area contributed by atoms with Crippen LogP contribution in [-0.4, -0.2) is 29.7 Å². The molecule has 0 unspecified atom stereocenters. The van der Waals surface area contributed by atoms with E-state index >= 15 is 0 Å². The Labute approximate surface area is 114 Å². The van der Waals surface area contributed by atoms with E-state index in [1.54, 1.807) is 6.07 Å². The van der Waals surface area contributed by atoms with E-state index in [4.69, 9.17) is 5.11 Å². The molecule has 1 saturated carbocycles. The van der Waals surface area contributed by atoms with Gasteiger partial charge in [-0.3, -0.25) is 4.90 Å². The van der Waals surface area contributed by atoms with Crippen LogP contribution in [-0.2, 0) is 6.54 Å². The summed E-state index contributed by atoms with van der Waals surface area (Å²) < 4.78 is 13.5. The van der Waals surface area contributed by atoms with Crippen LogP contribution in [0.4, 0.5) is 4.39 Å².